The van der Waals surface area contributed by atoms with Gasteiger partial charge in [-0.05, 0) is 30.7 Å². The zero-order chi connectivity index (χ0) is 13.1. The monoisotopic (exact) mass is 251 g/mol. The molecule has 0 radical (unpaired) electrons. The third kappa shape index (κ3) is 3.33. The first kappa shape index (κ1) is 13.8. The van der Waals surface area contributed by atoms with Gasteiger partial charge in [-0.3, -0.25) is 0 Å². The summed E-state index contributed by atoms with van der Waals surface area (Å²) < 4.78 is 56.0. The number of nitrogens with two attached hydrogens (primary N) is 1. The molecule has 2 N–H and O–H groups in total. The number of hydrogen-bond acceptors (Lipinski definition) is 2. The minimum Gasteiger partial charge on any atom is -0.494 e. The molecule has 17 heavy (non-hydrogen) atoms. The Morgan fingerprint density at radius 2 is 2.00 bits per heavy atom. The van der Waals surface area contributed by atoms with Crippen LogP contribution in [0.25, 0.3) is 0 Å². The second kappa shape index (κ2) is 5.35. The lowest BCUT2D eigenvalue weighted by atomic mass is 9.95. The molecule has 0 aliphatic heterocycles. The van der Waals surface area contributed by atoms with Gasteiger partial charge in [-0.2, -0.15) is 13.2 Å². The van der Waals surface area contributed by atoms with Crippen LogP contribution >= 0.6 is 0 Å². The summed E-state index contributed by atoms with van der Waals surface area (Å²) in [5.41, 5.74) is 5.12. The minimum atomic E-state index is -4.40. The Hall–Kier alpha value is -1.30. The van der Waals surface area contributed by atoms with E-state index in [1.165, 1.54) is 7.11 Å². The molecule has 0 spiro atoms. The number of alkyl halides is 3. The van der Waals surface area contributed by atoms with Crippen molar-refractivity contribution in [2.24, 2.45) is 5.73 Å². The zero-order valence-corrected chi connectivity index (χ0v) is 9.22. The van der Waals surface area contributed by atoms with Crippen LogP contribution in [0.15, 0.2) is 18.2 Å². The average molecular weight is 251 g/mol. The summed E-state index contributed by atoms with van der Waals surface area (Å²) in [4.78, 5) is 0. The SMILES string of the molecule is COc1cc(C(CCN)C(F)(F)F)ccc1F. The first-order valence-corrected chi connectivity index (χ1v) is 5.00. The molecule has 0 heterocycles. The lowest BCUT2D eigenvalue weighted by Gasteiger charge is -2.20. The summed E-state index contributed by atoms with van der Waals surface area (Å²) >= 11 is 0. The van der Waals surface area contributed by atoms with E-state index in [1.807, 2.05) is 0 Å². The van der Waals surface area contributed by atoms with Gasteiger partial charge in [0.25, 0.3) is 0 Å². The first-order chi connectivity index (χ1) is 7.90. The smallest absolute Gasteiger partial charge is 0.395 e. The van der Waals surface area contributed by atoms with Gasteiger partial charge >= 0.3 is 6.18 Å². The molecule has 1 atom stereocenters. The van der Waals surface area contributed by atoms with Gasteiger partial charge in [-0.25, -0.2) is 4.39 Å². The van der Waals surface area contributed by atoms with Crippen LogP contribution < -0.4 is 10.5 Å². The van der Waals surface area contributed by atoms with Gasteiger partial charge in [0.15, 0.2) is 11.6 Å². The Morgan fingerprint density at radius 1 is 1.35 bits per heavy atom. The molecule has 0 fully saturated rings. The quantitative estimate of drug-likeness (QED) is 0.835. The molecule has 1 aromatic carbocycles. The molecule has 2 nitrogen and oxygen atoms in total. The van der Waals surface area contributed by atoms with Gasteiger partial charge in [-0.15, -0.1) is 0 Å². The van der Waals surface area contributed by atoms with Crippen LogP contribution in [0.1, 0.15) is 17.9 Å². The van der Waals surface area contributed by atoms with E-state index in [1.54, 1.807) is 0 Å². The number of methoxy groups -OCH3 is 1. The average Bonchev–Trinajstić information content (AvgIpc) is 2.25. The second-order valence-electron chi connectivity index (χ2n) is 3.57. The van der Waals surface area contributed by atoms with E-state index in [2.05, 4.69) is 4.74 Å². The number of rotatable bonds is 4. The summed E-state index contributed by atoms with van der Waals surface area (Å²) in [6.45, 7) is -0.0934. The Labute approximate surface area is 96.4 Å². The normalized spacial score (nSPS) is 13.5. The van der Waals surface area contributed by atoms with E-state index in [4.69, 9.17) is 5.73 Å². The molecule has 0 aliphatic rings. The van der Waals surface area contributed by atoms with Crippen LogP contribution in [0.2, 0.25) is 0 Å². The predicted molar refractivity (Wildman–Crippen MR) is 55.4 cm³/mol. The van der Waals surface area contributed by atoms with Gasteiger partial charge in [0, 0.05) is 0 Å². The molecule has 1 unspecified atom stereocenters. The largest absolute Gasteiger partial charge is 0.494 e. The topological polar surface area (TPSA) is 35.2 Å². The Kier molecular flexibility index (Phi) is 4.34. The summed E-state index contributed by atoms with van der Waals surface area (Å²) in [6.07, 6.45) is -4.64. The molecular weight excluding hydrogens is 238 g/mol. The summed E-state index contributed by atoms with van der Waals surface area (Å²) in [7, 11) is 1.20. The van der Waals surface area contributed by atoms with E-state index in [0.717, 1.165) is 18.2 Å². The standard InChI is InChI=1S/C11H13F4NO/c1-17-10-6-7(2-3-9(10)12)8(4-5-16)11(13,14)15/h2-3,6,8H,4-5,16H2,1H3. The van der Waals surface area contributed by atoms with Crippen LogP contribution in [-0.2, 0) is 0 Å². The number of hydrogen-bond donors (Lipinski definition) is 1. The highest BCUT2D eigenvalue weighted by Crippen LogP contribution is 2.38. The predicted octanol–water partition coefficient (Wildman–Crippen LogP) is 2.83. The number of benzene rings is 1. The molecule has 0 saturated heterocycles. The van der Waals surface area contributed by atoms with Crippen LogP contribution in [0.5, 0.6) is 5.75 Å². The van der Waals surface area contributed by atoms with Crippen LogP contribution in [0, 0.1) is 5.82 Å². The molecule has 1 aromatic rings. The third-order valence-electron chi connectivity index (χ3n) is 2.43. The maximum absolute atomic E-state index is 13.1. The number of ether oxygens (including phenoxy) is 1. The number of halogens is 4. The summed E-state index contributed by atoms with van der Waals surface area (Å²) in [6, 6.07) is 3.12. The molecule has 6 heteroatoms. The van der Waals surface area contributed by atoms with Crippen molar-refractivity contribution in [1.82, 2.24) is 0 Å². The van der Waals surface area contributed by atoms with Crippen molar-refractivity contribution < 1.29 is 22.3 Å². The van der Waals surface area contributed by atoms with Crippen LogP contribution in [-0.4, -0.2) is 19.8 Å². The van der Waals surface area contributed by atoms with Crippen LogP contribution in [0.4, 0.5) is 17.6 Å². The molecule has 0 aromatic heterocycles. The van der Waals surface area contributed by atoms with Crippen molar-refractivity contribution in [3.05, 3.63) is 29.6 Å². The highest BCUT2D eigenvalue weighted by molar-refractivity contribution is 5.33. The molecule has 0 aliphatic carbocycles. The van der Waals surface area contributed by atoms with Gasteiger partial charge < -0.3 is 10.5 Å². The van der Waals surface area contributed by atoms with Gasteiger partial charge in [0.05, 0.1) is 13.0 Å². The molecule has 96 valence electrons. The Morgan fingerprint density at radius 3 is 2.47 bits per heavy atom. The van der Waals surface area contributed by atoms with Gasteiger partial charge in [0.2, 0.25) is 0 Å². The highest BCUT2D eigenvalue weighted by Gasteiger charge is 2.40. The fraction of sp³-hybridized carbons (Fsp3) is 0.455. The Bertz CT molecular complexity index is 378. The highest BCUT2D eigenvalue weighted by atomic mass is 19.4. The lowest BCUT2D eigenvalue weighted by Crippen LogP contribution is -2.23. The van der Waals surface area contributed by atoms with Crippen molar-refractivity contribution in [2.75, 3.05) is 13.7 Å². The van der Waals surface area contributed by atoms with Crippen molar-refractivity contribution in [1.29, 1.82) is 0 Å². The van der Waals surface area contributed by atoms with Crippen LogP contribution in [0.3, 0.4) is 0 Å². The minimum absolute atomic E-state index is 0.0406. The summed E-state index contributed by atoms with van der Waals surface area (Å²) in [5, 5.41) is 0. The van der Waals surface area contributed by atoms with E-state index in [0.29, 0.717) is 0 Å². The van der Waals surface area contributed by atoms with Crippen molar-refractivity contribution >= 4 is 0 Å². The van der Waals surface area contributed by atoms with E-state index in [9.17, 15) is 17.6 Å². The zero-order valence-electron chi connectivity index (χ0n) is 9.22. The molecule has 1 rings (SSSR count). The molecule has 0 amide bonds. The molecular formula is C11H13F4NO. The van der Waals surface area contributed by atoms with E-state index >= 15 is 0 Å². The molecule has 0 saturated carbocycles. The third-order valence-corrected chi connectivity index (χ3v) is 2.43. The van der Waals surface area contributed by atoms with Gasteiger partial charge in [0.1, 0.15) is 0 Å². The van der Waals surface area contributed by atoms with Crippen molar-refractivity contribution in [2.45, 2.75) is 18.5 Å². The fourth-order valence-corrected chi connectivity index (χ4v) is 1.58. The molecule has 0 bridgehead atoms. The van der Waals surface area contributed by atoms with Crippen molar-refractivity contribution in [3.63, 3.8) is 0 Å². The van der Waals surface area contributed by atoms with Gasteiger partial charge in [-0.1, -0.05) is 6.07 Å². The van der Waals surface area contributed by atoms with Crippen molar-refractivity contribution in [3.8, 4) is 5.75 Å². The first-order valence-electron chi connectivity index (χ1n) is 5.00. The lowest BCUT2D eigenvalue weighted by molar-refractivity contribution is -0.151. The van der Waals surface area contributed by atoms with E-state index < -0.39 is 17.9 Å². The fourth-order valence-electron chi connectivity index (χ4n) is 1.58. The summed E-state index contributed by atoms with van der Waals surface area (Å²) in [5.74, 6) is -2.58. The maximum atomic E-state index is 13.1. The maximum Gasteiger partial charge on any atom is 0.395 e. The Balaban J connectivity index is 3.10. The van der Waals surface area contributed by atoms with E-state index in [-0.39, 0.29) is 24.3 Å². The second-order valence-corrected chi connectivity index (χ2v) is 3.57.